The molecule has 0 bridgehead atoms. The Bertz CT molecular complexity index is 736. The Balaban J connectivity index is 1.74. The molecule has 0 aliphatic rings. The monoisotopic (exact) mass is 347 g/mol. The number of rotatable bonds is 4. The van der Waals surface area contributed by atoms with Gasteiger partial charge in [-0.05, 0) is 42.8 Å². The molecule has 21 heavy (non-hydrogen) atoms. The van der Waals surface area contributed by atoms with Crippen LogP contribution in [-0.2, 0) is 6.54 Å². The van der Waals surface area contributed by atoms with Crippen LogP contribution in [0.25, 0.3) is 11.0 Å². The summed E-state index contributed by atoms with van der Waals surface area (Å²) < 4.78 is 14.2. The number of imidazole rings is 1. The van der Waals surface area contributed by atoms with Gasteiger partial charge in [-0.3, -0.25) is 0 Å². The summed E-state index contributed by atoms with van der Waals surface area (Å²) in [7, 11) is 0. The van der Waals surface area contributed by atoms with Gasteiger partial charge in [-0.2, -0.15) is 0 Å². The van der Waals surface area contributed by atoms with E-state index in [0.717, 1.165) is 26.9 Å². The van der Waals surface area contributed by atoms with Gasteiger partial charge in [0.05, 0.1) is 17.1 Å². The van der Waals surface area contributed by atoms with Crippen molar-refractivity contribution in [1.82, 2.24) is 15.3 Å². The first-order chi connectivity index (χ1) is 10.1. The molecule has 1 heterocycles. The number of hydrogen-bond acceptors (Lipinski definition) is 2. The minimum absolute atomic E-state index is 0.0487. The SMILES string of the molecule is CC(NCc1cc(F)ccc1Br)c1nc2ccccc2[nH]1. The lowest BCUT2D eigenvalue weighted by Crippen LogP contribution is -2.19. The minimum atomic E-state index is -0.230. The second-order valence-corrected chi connectivity index (χ2v) is 5.83. The van der Waals surface area contributed by atoms with Crippen molar-refractivity contribution in [2.45, 2.75) is 19.5 Å². The van der Waals surface area contributed by atoms with Gasteiger partial charge < -0.3 is 10.3 Å². The van der Waals surface area contributed by atoms with Crippen molar-refractivity contribution < 1.29 is 4.39 Å². The van der Waals surface area contributed by atoms with Crippen LogP contribution in [0, 0.1) is 5.82 Å². The van der Waals surface area contributed by atoms with Crippen LogP contribution in [0.15, 0.2) is 46.9 Å². The number of fused-ring (bicyclic) bond motifs is 1. The van der Waals surface area contributed by atoms with Crippen molar-refractivity contribution in [3.63, 3.8) is 0 Å². The molecule has 2 N–H and O–H groups in total. The van der Waals surface area contributed by atoms with E-state index in [1.807, 2.05) is 31.2 Å². The fraction of sp³-hybridized carbons (Fsp3) is 0.188. The lowest BCUT2D eigenvalue weighted by molar-refractivity contribution is 0.548. The van der Waals surface area contributed by atoms with Crippen LogP contribution in [0.5, 0.6) is 0 Å². The van der Waals surface area contributed by atoms with Gasteiger partial charge in [-0.15, -0.1) is 0 Å². The predicted octanol–water partition coefficient (Wildman–Crippen LogP) is 4.32. The van der Waals surface area contributed by atoms with Crippen LogP contribution in [0.1, 0.15) is 24.4 Å². The number of halogens is 2. The Hall–Kier alpha value is -1.72. The minimum Gasteiger partial charge on any atom is -0.341 e. The van der Waals surface area contributed by atoms with E-state index in [1.54, 1.807) is 6.07 Å². The molecule has 3 aromatic rings. The van der Waals surface area contributed by atoms with Gasteiger partial charge >= 0.3 is 0 Å². The summed E-state index contributed by atoms with van der Waals surface area (Å²) in [5, 5.41) is 3.35. The van der Waals surface area contributed by atoms with Gasteiger partial charge in [-0.25, -0.2) is 9.37 Å². The molecular weight excluding hydrogens is 333 g/mol. The summed E-state index contributed by atoms with van der Waals surface area (Å²) in [6, 6.07) is 12.7. The predicted molar refractivity (Wildman–Crippen MR) is 85.4 cm³/mol. The van der Waals surface area contributed by atoms with Crippen molar-refractivity contribution in [2.24, 2.45) is 0 Å². The molecule has 0 aliphatic carbocycles. The van der Waals surface area contributed by atoms with Crippen LogP contribution in [-0.4, -0.2) is 9.97 Å². The van der Waals surface area contributed by atoms with E-state index in [9.17, 15) is 4.39 Å². The van der Waals surface area contributed by atoms with Crippen LogP contribution >= 0.6 is 15.9 Å². The molecule has 3 nitrogen and oxygen atoms in total. The van der Waals surface area contributed by atoms with E-state index in [1.165, 1.54) is 12.1 Å². The van der Waals surface area contributed by atoms with Crippen LogP contribution in [0.3, 0.4) is 0 Å². The molecule has 1 aromatic heterocycles. The van der Waals surface area contributed by atoms with E-state index in [2.05, 4.69) is 31.2 Å². The van der Waals surface area contributed by atoms with Crippen LogP contribution in [0.4, 0.5) is 4.39 Å². The van der Waals surface area contributed by atoms with Crippen LogP contribution < -0.4 is 5.32 Å². The zero-order valence-electron chi connectivity index (χ0n) is 11.5. The van der Waals surface area contributed by atoms with Crippen molar-refractivity contribution in [3.05, 3.63) is 64.1 Å². The van der Waals surface area contributed by atoms with Crippen LogP contribution in [0.2, 0.25) is 0 Å². The average molecular weight is 348 g/mol. The molecule has 0 amide bonds. The van der Waals surface area contributed by atoms with E-state index >= 15 is 0 Å². The molecule has 5 heteroatoms. The van der Waals surface area contributed by atoms with E-state index in [-0.39, 0.29) is 11.9 Å². The third-order valence-corrected chi connectivity index (χ3v) is 4.20. The molecular formula is C16H15BrFN3. The Morgan fingerprint density at radius 3 is 2.90 bits per heavy atom. The highest BCUT2D eigenvalue weighted by atomic mass is 79.9. The molecule has 1 unspecified atom stereocenters. The first kappa shape index (κ1) is 14.2. The normalized spacial score (nSPS) is 12.7. The Morgan fingerprint density at radius 2 is 2.10 bits per heavy atom. The molecule has 1 atom stereocenters. The van der Waals surface area contributed by atoms with E-state index in [0.29, 0.717) is 6.54 Å². The second-order valence-electron chi connectivity index (χ2n) is 4.98. The Kier molecular flexibility index (Phi) is 4.03. The maximum absolute atomic E-state index is 13.3. The number of aromatic nitrogens is 2. The number of benzene rings is 2. The molecule has 3 rings (SSSR count). The Labute approximate surface area is 130 Å². The van der Waals surface area contributed by atoms with Gasteiger partial charge in [0, 0.05) is 11.0 Å². The summed E-state index contributed by atoms with van der Waals surface area (Å²) >= 11 is 3.43. The molecule has 0 radical (unpaired) electrons. The van der Waals surface area contributed by atoms with E-state index < -0.39 is 0 Å². The number of nitrogens with zero attached hydrogens (tertiary/aromatic N) is 1. The quantitative estimate of drug-likeness (QED) is 0.737. The largest absolute Gasteiger partial charge is 0.341 e. The number of aromatic amines is 1. The molecule has 0 spiro atoms. The first-order valence-electron chi connectivity index (χ1n) is 6.75. The fourth-order valence-corrected chi connectivity index (χ4v) is 2.60. The molecule has 0 saturated carbocycles. The molecule has 0 saturated heterocycles. The summed E-state index contributed by atoms with van der Waals surface area (Å²) in [5.41, 5.74) is 2.86. The van der Waals surface area contributed by atoms with Gasteiger partial charge in [-0.1, -0.05) is 28.1 Å². The highest BCUT2D eigenvalue weighted by Gasteiger charge is 2.11. The summed E-state index contributed by atoms with van der Waals surface area (Å²) in [4.78, 5) is 7.86. The van der Waals surface area contributed by atoms with E-state index in [4.69, 9.17) is 0 Å². The lowest BCUT2D eigenvalue weighted by Gasteiger charge is -2.12. The van der Waals surface area contributed by atoms with Gasteiger partial charge in [0.25, 0.3) is 0 Å². The Morgan fingerprint density at radius 1 is 1.29 bits per heavy atom. The lowest BCUT2D eigenvalue weighted by atomic mass is 10.2. The van der Waals surface area contributed by atoms with Gasteiger partial charge in [0.2, 0.25) is 0 Å². The third-order valence-electron chi connectivity index (χ3n) is 3.42. The topological polar surface area (TPSA) is 40.7 Å². The summed E-state index contributed by atoms with van der Waals surface area (Å²) in [5.74, 6) is 0.648. The second kappa shape index (κ2) is 5.95. The van der Waals surface area contributed by atoms with Gasteiger partial charge in [0.1, 0.15) is 11.6 Å². The zero-order chi connectivity index (χ0) is 14.8. The summed E-state index contributed by atoms with van der Waals surface area (Å²) in [6.45, 7) is 2.60. The number of para-hydroxylation sites is 2. The maximum Gasteiger partial charge on any atom is 0.124 e. The average Bonchev–Trinajstić information content (AvgIpc) is 2.92. The van der Waals surface area contributed by atoms with Crippen molar-refractivity contribution >= 4 is 27.0 Å². The highest BCUT2D eigenvalue weighted by Crippen LogP contribution is 2.20. The molecule has 2 aromatic carbocycles. The summed E-state index contributed by atoms with van der Waals surface area (Å²) in [6.07, 6.45) is 0. The number of nitrogens with one attached hydrogen (secondary N) is 2. The van der Waals surface area contributed by atoms with Crippen molar-refractivity contribution in [3.8, 4) is 0 Å². The number of H-pyrrole nitrogens is 1. The number of hydrogen-bond donors (Lipinski definition) is 2. The maximum atomic E-state index is 13.3. The molecule has 0 aliphatic heterocycles. The zero-order valence-corrected chi connectivity index (χ0v) is 13.1. The van der Waals surface area contributed by atoms with Crippen molar-refractivity contribution in [2.75, 3.05) is 0 Å². The smallest absolute Gasteiger partial charge is 0.124 e. The van der Waals surface area contributed by atoms with Crippen molar-refractivity contribution in [1.29, 1.82) is 0 Å². The first-order valence-corrected chi connectivity index (χ1v) is 7.55. The highest BCUT2D eigenvalue weighted by molar-refractivity contribution is 9.10. The third kappa shape index (κ3) is 3.14. The van der Waals surface area contributed by atoms with Gasteiger partial charge in [0.15, 0.2) is 0 Å². The standard InChI is InChI=1S/C16H15BrFN3/c1-10(16-20-14-4-2-3-5-15(14)21-16)19-9-11-8-12(18)6-7-13(11)17/h2-8,10,19H,9H2,1H3,(H,20,21). The molecule has 108 valence electrons. The fourth-order valence-electron chi connectivity index (χ4n) is 2.22. The molecule has 0 fully saturated rings.